The van der Waals surface area contributed by atoms with Gasteiger partial charge in [0.05, 0.1) is 10.6 Å². The number of pyridine rings is 1. The summed E-state index contributed by atoms with van der Waals surface area (Å²) in [5.74, 6) is -2.29. The number of aryl methyl sites for hydroxylation is 1. The van der Waals surface area contributed by atoms with Crippen LogP contribution in [0.4, 0.5) is 4.39 Å². The van der Waals surface area contributed by atoms with Crippen molar-refractivity contribution in [1.29, 1.82) is 0 Å². The Kier molecular flexibility index (Phi) is 5.75. The van der Waals surface area contributed by atoms with E-state index in [0.29, 0.717) is 13.1 Å². The molecule has 0 unspecified atom stereocenters. The second kappa shape index (κ2) is 8.34. The van der Waals surface area contributed by atoms with Crippen LogP contribution in [-0.4, -0.2) is 45.6 Å². The molecule has 1 N–H and O–H groups in total. The smallest absolute Gasteiger partial charge is 0.278 e. The van der Waals surface area contributed by atoms with E-state index in [9.17, 15) is 23.9 Å². The summed E-state index contributed by atoms with van der Waals surface area (Å²) in [6, 6.07) is 4.54. The summed E-state index contributed by atoms with van der Waals surface area (Å²) in [7, 11) is 0. The molecule has 1 aromatic heterocycles. The second-order valence-corrected chi connectivity index (χ2v) is 8.19. The number of ketones is 1. The van der Waals surface area contributed by atoms with Gasteiger partial charge in [-0.3, -0.25) is 24.1 Å². The molecular weight excluding hydrogens is 425 g/mol. The molecule has 2 aliphatic rings. The first kappa shape index (κ1) is 21.4. The van der Waals surface area contributed by atoms with E-state index in [1.165, 1.54) is 23.0 Å². The van der Waals surface area contributed by atoms with Crippen LogP contribution in [0, 0.1) is 5.82 Å². The van der Waals surface area contributed by atoms with Gasteiger partial charge in [-0.2, -0.15) is 0 Å². The lowest BCUT2D eigenvalue weighted by Gasteiger charge is -2.48. The van der Waals surface area contributed by atoms with E-state index < -0.39 is 28.7 Å². The highest BCUT2D eigenvalue weighted by atomic mass is 35.5. The minimum atomic E-state index is -0.886. The maximum Gasteiger partial charge on any atom is 0.278 e. The Balaban J connectivity index is 1.70. The first-order valence-electron chi connectivity index (χ1n) is 10.4. The highest BCUT2D eigenvalue weighted by molar-refractivity contribution is 6.30. The number of aromatic nitrogens is 1. The summed E-state index contributed by atoms with van der Waals surface area (Å²) in [5, 5.41) is 12.5. The minimum Gasteiger partial charge on any atom is -0.502 e. The summed E-state index contributed by atoms with van der Waals surface area (Å²) < 4.78 is 15.6. The molecule has 164 valence electrons. The Bertz CT molecular complexity index is 1120. The van der Waals surface area contributed by atoms with E-state index in [1.807, 2.05) is 11.9 Å². The molecule has 2 aromatic rings. The van der Waals surface area contributed by atoms with Crippen LogP contribution in [0.5, 0.6) is 5.75 Å². The summed E-state index contributed by atoms with van der Waals surface area (Å²) >= 11 is 5.79. The van der Waals surface area contributed by atoms with Crippen LogP contribution in [-0.2, 0) is 6.42 Å². The molecule has 31 heavy (non-hydrogen) atoms. The fourth-order valence-electron chi connectivity index (χ4n) is 4.41. The van der Waals surface area contributed by atoms with Crippen LogP contribution in [0.1, 0.15) is 59.0 Å². The van der Waals surface area contributed by atoms with Gasteiger partial charge in [0.1, 0.15) is 12.0 Å². The lowest BCUT2D eigenvalue weighted by atomic mass is 10.0. The molecule has 1 aromatic carbocycles. The largest absolute Gasteiger partial charge is 0.502 e. The maximum atomic E-state index is 14.1. The fourth-order valence-corrected chi connectivity index (χ4v) is 4.60. The zero-order valence-corrected chi connectivity index (χ0v) is 17.9. The van der Waals surface area contributed by atoms with Gasteiger partial charge in [0.2, 0.25) is 5.43 Å². The molecule has 1 amide bonds. The second-order valence-electron chi connectivity index (χ2n) is 7.78. The number of halogens is 2. The standard InChI is InChI=1S/C22H23ClFN3O4/c1-2-25-17-8-3-4-11-26(17)27-12-14(20(29)21(30)19(27)22(25)31)16(28)10-9-13-6-5-7-15(23)18(13)24/h5-7,12,17,30H,2-4,8-11H2,1H3/t17-/m0/s1. The number of benzene rings is 1. The van der Waals surface area contributed by atoms with E-state index in [-0.39, 0.29) is 40.9 Å². The zero-order chi connectivity index (χ0) is 22.3. The van der Waals surface area contributed by atoms with Crippen LogP contribution in [0.3, 0.4) is 0 Å². The lowest BCUT2D eigenvalue weighted by molar-refractivity contribution is 0.0534. The van der Waals surface area contributed by atoms with E-state index >= 15 is 0 Å². The molecule has 0 radical (unpaired) electrons. The monoisotopic (exact) mass is 447 g/mol. The number of rotatable bonds is 5. The van der Waals surface area contributed by atoms with E-state index in [1.54, 1.807) is 11.0 Å². The van der Waals surface area contributed by atoms with Crippen molar-refractivity contribution in [3.05, 3.63) is 62.3 Å². The third-order valence-corrected chi connectivity index (χ3v) is 6.29. The van der Waals surface area contributed by atoms with Crippen molar-refractivity contribution in [2.75, 3.05) is 18.1 Å². The van der Waals surface area contributed by atoms with Gasteiger partial charge in [-0.05, 0) is 44.2 Å². The first-order chi connectivity index (χ1) is 14.8. The molecular formula is C22H23ClFN3O4. The number of hydrogen-bond donors (Lipinski definition) is 1. The van der Waals surface area contributed by atoms with Crippen LogP contribution in [0.2, 0.25) is 5.02 Å². The summed E-state index contributed by atoms with van der Waals surface area (Å²) in [5.41, 5.74) is -0.955. The Morgan fingerprint density at radius 2 is 2.06 bits per heavy atom. The molecule has 7 nitrogen and oxygen atoms in total. The number of piperidine rings is 1. The molecule has 3 heterocycles. The van der Waals surface area contributed by atoms with Crippen molar-refractivity contribution in [2.24, 2.45) is 0 Å². The van der Waals surface area contributed by atoms with Crippen molar-refractivity contribution in [3.8, 4) is 5.75 Å². The van der Waals surface area contributed by atoms with Gasteiger partial charge < -0.3 is 10.0 Å². The third kappa shape index (κ3) is 3.59. The Labute approximate surface area is 183 Å². The van der Waals surface area contributed by atoms with Crippen molar-refractivity contribution in [2.45, 2.75) is 45.2 Å². The van der Waals surface area contributed by atoms with Gasteiger partial charge in [0, 0.05) is 25.7 Å². The van der Waals surface area contributed by atoms with Gasteiger partial charge >= 0.3 is 0 Å². The predicted octanol–water partition coefficient (Wildman–Crippen LogP) is 3.09. The molecule has 0 saturated carbocycles. The van der Waals surface area contributed by atoms with Gasteiger partial charge in [-0.1, -0.05) is 23.7 Å². The zero-order valence-electron chi connectivity index (χ0n) is 17.1. The average Bonchev–Trinajstić information content (AvgIpc) is 2.77. The normalized spacial score (nSPS) is 18.0. The third-order valence-electron chi connectivity index (χ3n) is 6.00. The summed E-state index contributed by atoms with van der Waals surface area (Å²) in [6.07, 6.45) is 3.70. The van der Waals surface area contributed by atoms with E-state index in [2.05, 4.69) is 0 Å². The highest BCUT2D eigenvalue weighted by Crippen LogP contribution is 2.29. The van der Waals surface area contributed by atoms with Crippen molar-refractivity contribution in [1.82, 2.24) is 9.58 Å². The molecule has 9 heteroatoms. The maximum absolute atomic E-state index is 14.1. The molecule has 1 saturated heterocycles. The number of hydrogen-bond acceptors (Lipinski definition) is 5. The van der Waals surface area contributed by atoms with Crippen molar-refractivity contribution >= 4 is 23.3 Å². The number of carbonyl (C=O) groups is 2. The highest BCUT2D eigenvalue weighted by Gasteiger charge is 2.40. The molecule has 0 aliphatic carbocycles. The summed E-state index contributed by atoms with van der Waals surface area (Å²) in [4.78, 5) is 40.2. The van der Waals surface area contributed by atoms with Crippen LogP contribution < -0.4 is 10.4 Å². The molecule has 4 rings (SSSR count). The first-order valence-corrected chi connectivity index (χ1v) is 10.8. The van der Waals surface area contributed by atoms with Crippen LogP contribution in [0.25, 0.3) is 0 Å². The van der Waals surface area contributed by atoms with Crippen molar-refractivity contribution < 1.29 is 19.1 Å². The van der Waals surface area contributed by atoms with Gasteiger partial charge in [0.15, 0.2) is 17.2 Å². The number of nitrogens with zero attached hydrogens (tertiary/aromatic N) is 3. The Hall–Kier alpha value is -2.87. The van der Waals surface area contributed by atoms with E-state index in [4.69, 9.17) is 11.6 Å². The number of Topliss-reactive ketones (excluding diaryl/α,β-unsaturated/α-hetero) is 1. The fraction of sp³-hybridized carbons (Fsp3) is 0.409. The van der Waals surface area contributed by atoms with Crippen LogP contribution in [0.15, 0.2) is 29.2 Å². The quantitative estimate of drug-likeness (QED) is 0.712. The van der Waals surface area contributed by atoms with Gasteiger partial charge in [-0.25, -0.2) is 4.39 Å². The van der Waals surface area contributed by atoms with Gasteiger partial charge in [0.25, 0.3) is 5.91 Å². The Morgan fingerprint density at radius 3 is 2.81 bits per heavy atom. The molecule has 1 fully saturated rings. The van der Waals surface area contributed by atoms with Gasteiger partial charge in [-0.15, -0.1) is 0 Å². The minimum absolute atomic E-state index is 0.0356. The number of carbonyl (C=O) groups excluding carboxylic acids is 2. The molecule has 0 bridgehead atoms. The van der Waals surface area contributed by atoms with Crippen LogP contribution >= 0.6 is 11.6 Å². The summed E-state index contributed by atoms with van der Waals surface area (Å²) in [6.45, 7) is 2.92. The number of amides is 1. The number of aromatic hydroxyl groups is 1. The predicted molar refractivity (Wildman–Crippen MR) is 114 cm³/mol. The number of fused-ring (bicyclic) bond motifs is 3. The lowest BCUT2D eigenvalue weighted by Crippen LogP contribution is -2.63. The SMILES string of the molecule is CCN1C(=O)c2c(O)c(=O)c(C(=O)CCc3cccc(Cl)c3F)cn2N2CCCC[C@@H]12. The Morgan fingerprint density at radius 1 is 1.29 bits per heavy atom. The average molecular weight is 448 g/mol. The topological polar surface area (TPSA) is 82.9 Å². The van der Waals surface area contributed by atoms with E-state index in [0.717, 1.165) is 19.3 Å². The van der Waals surface area contributed by atoms with Crippen molar-refractivity contribution in [3.63, 3.8) is 0 Å². The molecule has 2 aliphatic heterocycles. The molecule has 1 atom stereocenters. The molecule has 0 spiro atoms.